The Morgan fingerprint density at radius 2 is 2.29 bits per heavy atom. The van der Waals surface area contributed by atoms with Crippen LogP contribution >= 0.6 is 0 Å². The highest BCUT2D eigenvalue weighted by Gasteiger charge is 2.21. The van der Waals surface area contributed by atoms with Crippen molar-refractivity contribution in [3.63, 3.8) is 0 Å². The van der Waals surface area contributed by atoms with Gasteiger partial charge < -0.3 is 10.4 Å². The van der Waals surface area contributed by atoms with Crippen molar-refractivity contribution >= 4 is 0 Å². The van der Waals surface area contributed by atoms with Crippen molar-refractivity contribution in [3.05, 3.63) is 0 Å². The maximum absolute atomic E-state index is 8.62. The van der Waals surface area contributed by atoms with Gasteiger partial charge in [0.05, 0.1) is 0 Å². The van der Waals surface area contributed by atoms with Gasteiger partial charge in [-0.3, -0.25) is 4.90 Å². The average Bonchev–Trinajstić information content (AvgIpc) is 2.65. The smallest absolute Gasteiger partial charge is 0.0431 e. The highest BCUT2D eigenvalue weighted by molar-refractivity contribution is 4.79. The topological polar surface area (TPSA) is 35.5 Å². The molecule has 1 fully saturated rings. The standard InChI is InChI=1S/C11H24N2O/c1-2-13-8-5-6-11(13)10-12-7-3-4-9-14/h11-12,14H,2-10H2,1H3. The first-order valence-electron chi connectivity index (χ1n) is 5.94. The van der Waals surface area contributed by atoms with E-state index in [2.05, 4.69) is 17.1 Å². The SMILES string of the molecule is CCN1CCCC1CNCCCCO. The number of likely N-dealkylation sites (N-methyl/N-ethyl adjacent to an activating group) is 1. The Morgan fingerprint density at radius 3 is 3.00 bits per heavy atom. The summed E-state index contributed by atoms with van der Waals surface area (Å²) in [7, 11) is 0. The van der Waals surface area contributed by atoms with E-state index in [1.54, 1.807) is 0 Å². The molecule has 0 aromatic carbocycles. The number of nitrogens with one attached hydrogen (secondary N) is 1. The molecule has 3 nitrogen and oxygen atoms in total. The lowest BCUT2D eigenvalue weighted by atomic mass is 10.2. The maximum atomic E-state index is 8.62. The monoisotopic (exact) mass is 200 g/mol. The lowest BCUT2D eigenvalue weighted by molar-refractivity contribution is 0.256. The van der Waals surface area contributed by atoms with Crippen LogP contribution in [0, 0.1) is 0 Å². The largest absolute Gasteiger partial charge is 0.396 e. The molecule has 1 saturated heterocycles. The van der Waals surface area contributed by atoms with Crippen molar-refractivity contribution in [2.75, 3.05) is 32.8 Å². The van der Waals surface area contributed by atoms with E-state index >= 15 is 0 Å². The van der Waals surface area contributed by atoms with Crippen molar-refractivity contribution in [2.24, 2.45) is 0 Å². The summed E-state index contributed by atoms with van der Waals surface area (Å²) in [6, 6.07) is 0.758. The third kappa shape index (κ3) is 3.95. The molecule has 1 aliphatic rings. The van der Waals surface area contributed by atoms with Gasteiger partial charge in [0.1, 0.15) is 0 Å². The minimum Gasteiger partial charge on any atom is -0.396 e. The van der Waals surface area contributed by atoms with Crippen LogP contribution in [-0.2, 0) is 0 Å². The van der Waals surface area contributed by atoms with Gasteiger partial charge in [0.25, 0.3) is 0 Å². The van der Waals surface area contributed by atoms with E-state index in [1.807, 2.05) is 0 Å². The Hall–Kier alpha value is -0.120. The highest BCUT2D eigenvalue weighted by atomic mass is 16.2. The van der Waals surface area contributed by atoms with Gasteiger partial charge in [-0.1, -0.05) is 6.92 Å². The van der Waals surface area contributed by atoms with Gasteiger partial charge in [-0.15, -0.1) is 0 Å². The molecule has 1 atom stereocenters. The van der Waals surface area contributed by atoms with Gasteiger partial charge >= 0.3 is 0 Å². The van der Waals surface area contributed by atoms with E-state index in [0.717, 1.165) is 32.0 Å². The zero-order valence-corrected chi connectivity index (χ0v) is 9.34. The minimum atomic E-state index is 0.326. The normalized spacial score (nSPS) is 23.1. The van der Waals surface area contributed by atoms with Gasteiger partial charge in [-0.05, 0) is 45.3 Å². The zero-order valence-electron chi connectivity index (χ0n) is 9.34. The summed E-state index contributed by atoms with van der Waals surface area (Å²) >= 11 is 0. The summed E-state index contributed by atoms with van der Waals surface area (Å²) in [5.74, 6) is 0. The maximum Gasteiger partial charge on any atom is 0.0431 e. The Morgan fingerprint density at radius 1 is 1.43 bits per heavy atom. The van der Waals surface area contributed by atoms with Crippen LogP contribution < -0.4 is 5.32 Å². The summed E-state index contributed by atoms with van der Waals surface area (Å²) in [6.45, 7) is 7.20. The Balaban J connectivity index is 2.00. The molecule has 0 aromatic heterocycles. The Bertz CT molecular complexity index is 141. The summed E-state index contributed by atoms with van der Waals surface area (Å²) in [4.78, 5) is 2.55. The molecule has 0 spiro atoms. The fourth-order valence-electron chi connectivity index (χ4n) is 2.17. The van der Waals surface area contributed by atoms with Crippen LogP contribution in [0.1, 0.15) is 32.6 Å². The van der Waals surface area contributed by atoms with E-state index in [1.165, 1.54) is 25.9 Å². The molecule has 3 heteroatoms. The van der Waals surface area contributed by atoms with Crippen LogP contribution in [0.4, 0.5) is 0 Å². The molecule has 1 unspecified atom stereocenters. The third-order valence-corrected chi connectivity index (χ3v) is 3.05. The zero-order chi connectivity index (χ0) is 10.2. The van der Waals surface area contributed by atoms with Crippen LogP contribution in [0.25, 0.3) is 0 Å². The highest BCUT2D eigenvalue weighted by Crippen LogP contribution is 2.15. The van der Waals surface area contributed by atoms with Crippen LogP contribution in [0.5, 0.6) is 0 Å². The Kier molecular flexibility index (Phi) is 6.15. The molecule has 0 aliphatic carbocycles. The van der Waals surface area contributed by atoms with E-state index in [9.17, 15) is 0 Å². The molecule has 1 rings (SSSR count). The van der Waals surface area contributed by atoms with Gasteiger partial charge in [-0.2, -0.15) is 0 Å². The van der Waals surface area contributed by atoms with Crippen molar-refractivity contribution in [1.29, 1.82) is 0 Å². The van der Waals surface area contributed by atoms with Gasteiger partial charge in [0.2, 0.25) is 0 Å². The molecule has 1 heterocycles. The first-order chi connectivity index (χ1) is 6.88. The number of likely N-dealkylation sites (tertiary alicyclic amines) is 1. The second-order valence-electron chi connectivity index (χ2n) is 4.06. The van der Waals surface area contributed by atoms with Gasteiger partial charge in [0, 0.05) is 19.2 Å². The quantitative estimate of drug-likeness (QED) is 0.598. The summed E-state index contributed by atoms with van der Waals surface area (Å²) < 4.78 is 0. The van der Waals surface area contributed by atoms with E-state index in [0.29, 0.717) is 6.61 Å². The van der Waals surface area contributed by atoms with Crippen molar-refractivity contribution in [2.45, 2.75) is 38.6 Å². The lowest BCUT2D eigenvalue weighted by Gasteiger charge is -2.22. The number of aliphatic hydroxyl groups excluding tert-OH is 1. The molecule has 1 aliphatic heterocycles. The van der Waals surface area contributed by atoms with Crippen molar-refractivity contribution < 1.29 is 5.11 Å². The number of nitrogens with zero attached hydrogens (tertiary/aromatic N) is 1. The van der Waals surface area contributed by atoms with E-state index < -0.39 is 0 Å². The predicted octanol–water partition coefficient (Wildman–Crippen LogP) is 0.833. The molecule has 0 amide bonds. The minimum absolute atomic E-state index is 0.326. The number of hydrogen-bond donors (Lipinski definition) is 2. The fourth-order valence-corrected chi connectivity index (χ4v) is 2.17. The molecule has 0 saturated carbocycles. The molecule has 14 heavy (non-hydrogen) atoms. The molecule has 0 radical (unpaired) electrons. The second-order valence-corrected chi connectivity index (χ2v) is 4.06. The Labute approximate surface area is 87.5 Å². The lowest BCUT2D eigenvalue weighted by Crippen LogP contribution is -2.38. The van der Waals surface area contributed by atoms with E-state index in [-0.39, 0.29) is 0 Å². The molecule has 84 valence electrons. The average molecular weight is 200 g/mol. The molecule has 0 aromatic rings. The molecule has 0 bridgehead atoms. The number of unbranched alkanes of at least 4 members (excludes halogenated alkanes) is 1. The molecular weight excluding hydrogens is 176 g/mol. The fraction of sp³-hybridized carbons (Fsp3) is 1.00. The number of hydrogen-bond acceptors (Lipinski definition) is 3. The summed E-state index contributed by atoms with van der Waals surface area (Å²) in [6.07, 6.45) is 4.72. The first kappa shape index (κ1) is 12.0. The van der Waals surface area contributed by atoms with E-state index in [4.69, 9.17) is 5.11 Å². The van der Waals surface area contributed by atoms with Gasteiger partial charge in [-0.25, -0.2) is 0 Å². The van der Waals surface area contributed by atoms with Crippen LogP contribution in [0.2, 0.25) is 0 Å². The third-order valence-electron chi connectivity index (χ3n) is 3.05. The van der Waals surface area contributed by atoms with Crippen molar-refractivity contribution in [1.82, 2.24) is 10.2 Å². The van der Waals surface area contributed by atoms with Crippen LogP contribution in [0.15, 0.2) is 0 Å². The predicted molar refractivity (Wildman–Crippen MR) is 59.5 cm³/mol. The van der Waals surface area contributed by atoms with Crippen LogP contribution in [-0.4, -0.2) is 48.8 Å². The van der Waals surface area contributed by atoms with Crippen LogP contribution in [0.3, 0.4) is 0 Å². The van der Waals surface area contributed by atoms with Gasteiger partial charge in [0.15, 0.2) is 0 Å². The molecular formula is C11H24N2O. The summed E-state index contributed by atoms with van der Waals surface area (Å²) in [5, 5.41) is 12.1. The van der Waals surface area contributed by atoms with Crippen molar-refractivity contribution in [3.8, 4) is 0 Å². The second kappa shape index (κ2) is 7.21. The number of aliphatic hydroxyl groups is 1. The number of rotatable bonds is 7. The molecule has 2 N–H and O–H groups in total. The summed E-state index contributed by atoms with van der Waals surface area (Å²) in [5.41, 5.74) is 0. The first-order valence-corrected chi connectivity index (χ1v) is 5.94.